The molecular formula is C82H60N2. The van der Waals surface area contributed by atoms with Gasteiger partial charge in [-0.1, -0.05) is 250 Å². The summed E-state index contributed by atoms with van der Waals surface area (Å²) in [6.07, 6.45) is 15.1. The van der Waals surface area contributed by atoms with E-state index in [9.17, 15) is 0 Å². The van der Waals surface area contributed by atoms with Gasteiger partial charge in [0.1, 0.15) is 0 Å². The Morgan fingerprint density at radius 3 is 0.940 bits per heavy atom. The van der Waals surface area contributed by atoms with Crippen molar-refractivity contribution in [2.75, 3.05) is 0 Å². The van der Waals surface area contributed by atoms with E-state index in [-0.39, 0.29) is 5.41 Å². The lowest BCUT2D eigenvalue weighted by Gasteiger charge is -2.36. The summed E-state index contributed by atoms with van der Waals surface area (Å²) < 4.78 is 4.74. The standard InChI is InChI=1S/C82H60N2/c1-4-14-68(15-5-1)83-78-20-10-8-18-72(78)74-52-64(44-48-80(74)83)60-34-26-56(27-35-60)22-24-58-30-38-62(39-31-58)66-42-46-70-71-47-43-67(55-77(71)82(76(70)54-66)50-12-3-13-51-82)63-40-32-59(33-41-63)25-23-57-28-36-61(37-29-57)65-45-49-81-75(53-65)73-19-9-11-21-79(73)84(81)69-16-6-2-7-17-69/h1-2,4-11,14-49,52-55H,3,12-13,50-51H2. The number of benzene rings is 12. The zero-order valence-corrected chi connectivity index (χ0v) is 46.8. The second kappa shape index (κ2) is 20.6. The molecule has 0 saturated heterocycles. The molecule has 14 aromatic rings. The van der Waals surface area contributed by atoms with Gasteiger partial charge in [0, 0.05) is 38.3 Å². The SMILES string of the molecule is C(=Cc1ccc(-c2ccc3c(c2)c2ccccc2n3-c2ccccc2)cc1)c1ccc(-c2ccc3c(c2)C2(CCCCC2)c2cc(-c4ccc(C=Cc5ccc(-c6ccc7c(c6)c6ccccc6n7-c6ccccc6)cc5)cc4)ccc2-3)cc1. The third-order valence-electron chi connectivity index (χ3n) is 18.4. The van der Waals surface area contributed by atoms with E-state index in [2.05, 4.69) is 312 Å². The van der Waals surface area contributed by atoms with Gasteiger partial charge in [-0.05, 0) is 175 Å². The molecule has 2 heterocycles. The van der Waals surface area contributed by atoms with Gasteiger partial charge in [0.15, 0.2) is 0 Å². The van der Waals surface area contributed by atoms with Gasteiger partial charge >= 0.3 is 0 Å². The highest BCUT2D eigenvalue weighted by Gasteiger charge is 2.44. The molecule has 0 N–H and O–H groups in total. The van der Waals surface area contributed by atoms with Crippen molar-refractivity contribution in [3.8, 4) is 67.0 Å². The maximum Gasteiger partial charge on any atom is 0.0541 e. The van der Waals surface area contributed by atoms with Crippen LogP contribution in [0.2, 0.25) is 0 Å². The molecule has 2 nitrogen and oxygen atoms in total. The fourth-order valence-electron chi connectivity index (χ4n) is 14.1. The maximum atomic E-state index is 2.53. The third-order valence-corrected chi connectivity index (χ3v) is 18.4. The van der Waals surface area contributed by atoms with Crippen LogP contribution >= 0.6 is 0 Å². The van der Waals surface area contributed by atoms with E-state index < -0.39 is 0 Å². The Kier molecular flexibility index (Phi) is 12.2. The van der Waals surface area contributed by atoms with Gasteiger partial charge < -0.3 is 9.13 Å². The Morgan fingerprint density at radius 2 is 0.560 bits per heavy atom. The zero-order chi connectivity index (χ0) is 55.6. The fraction of sp³-hybridized carbons (Fsp3) is 0.0732. The Hall–Kier alpha value is -10.3. The average molecular weight is 1070 g/mol. The molecular weight excluding hydrogens is 1010 g/mol. The molecule has 16 rings (SSSR count). The van der Waals surface area contributed by atoms with Crippen LogP contribution < -0.4 is 0 Å². The number of hydrogen-bond acceptors (Lipinski definition) is 0. The number of nitrogens with zero attached hydrogens (tertiary/aromatic N) is 2. The first kappa shape index (κ1) is 49.5. The summed E-state index contributed by atoms with van der Waals surface area (Å²) in [5, 5.41) is 5.07. The predicted octanol–water partition coefficient (Wildman–Crippen LogP) is 22.1. The van der Waals surface area contributed by atoms with Crippen molar-refractivity contribution in [2.24, 2.45) is 0 Å². The summed E-state index contributed by atoms with van der Waals surface area (Å²) in [4.78, 5) is 0. The van der Waals surface area contributed by atoms with Crippen LogP contribution in [0.15, 0.2) is 279 Å². The van der Waals surface area contributed by atoms with E-state index in [0.717, 1.165) is 0 Å². The summed E-state index contributed by atoms with van der Waals surface area (Å²) in [6.45, 7) is 0. The lowest BCUT2D eigenvalue weighted by Crippen LogP contribution is -2.28. The van der Waals surface area contributed by atoms with Crippen LogP contribution in [0.4, 0.5) is 0 Å². The molecule has 2 aliphatic carbocycles. The van der Waals surface area contributed by atoms with Crippen molar-refractivity contribution in [3.05, 3.63) is 312 Å². The summed E-state index contributed by atoms with van der Waals surface area (Å²) in [6, 6.07) is 103. The Morgan fingerprint density at radius 1 is 0.250 bits per heavy atom. The van der Waals surface area contributed by atoms with E-state index >= 15 is 0 Å². The normalized spacial score (nSPS) is 13.7. The molecule has 1 spiro atoms. The van der Waals surface area contributed by atoms with E-state index in [1.165, 1.54) is 176 Å². The van der Waals surface area contributed by atoms with Crippen LogP contribution in [0.5, 0.6) is 0 Å². The highest BCUT2D eigenvalue weighted by Crippen LogP contribution is 2.57. The van der Waals surface area contributed by atoms with Gasteiger partial charge in [0.05, 0.1) is 22.1 Å². The van der Waals surface area contributed by atoms with Crippen LogP contribution in [0.3, 0.4) is 0 Å². The number of para-hydroxylation sites is 4. The Labute approximate surface area is 491 Å². The van der Waals surface area contributed by atoms with Crippen LogP contribution in [0.1, 0.15) is 65.5 Å². The predicted molar refractivity (Wildman–Crippen MR) is 357 cm³/mol. The molecule has 84 heavy (non-hydrogen) atoms. The van der Waals surface area contributed by atoms with Gasteiger partial charge in [-0.15, -0.1) is 0 Å². The van der Waals surface area contributed by atoms with Crippen molar-refractivity contribution < 1.29 is 0 Å². The smallest absolute Gasteiger partial charge is 0.0541 e. The molecule has 0 bridgehead atoms. The lowest BCUT2D eigenvalue weighted by atomic mass is 9.67. The van der Waals surface area contributed by atoms with Gasteiger partial charge in [0.25, 0.3) is 0 Å². The second-order valence-electron chi connectivity index (χ2n) is 23.2. The van der Waals surface area contributed by atoms with Crippen LogP contribution in [0, 0.1) is 0 Å². The largest absolute Gasteiger partial charge is 0.309 e. The lowest BCUT2D eigenvalue weighted by molar-refractivity contribution is 0.353. The number of hydrogen-bond donors (Lipinski definition) is 0. The quantitative estimate of drug-likeness (QED) is 0.121. The van der Waals surface area contributed by atoms with Crippen molar-refractivity contribution in [1.82, 2.24) is 9.13 Å². The van der Waals surface area contributed by atoms with Crippen LogP contribution in [-0.4, -0.2) is 9.13 Å². The van der Waals surface area contributed by atoms with Crippen molar-refractivity contribution in [1.29, 1.82) is 0 Å². The maximum absolute atomic E-state index is 2.53. The van der Waals surface area contributed by atoms with Crippen molar-refractivity contribution >= 4 is 67.9 Å². The molecule has 398 valence electrons. The first-order valence-corrected chi connectivity index (χ1v) is 29.8. The summed E-state index contributed by atoms with van der Waals surface area (Å²) in [7, 11) is 0. The molecule has 1 saturated carbocycles. The molecule has 0 unspecified atom stereocenters. The first-order chi connectivity index (χ1) is 41.6. The van der Waals surface area contributed by atoms with Gasteiger partial charge in [0.2, 0.25) is 0 Å². The molecule has 2 aromatic heterocycles. The third kappa shape index (κ3) is 8.64. The topological polar surface area (TPSA) is 9.86 Å². The summed E-state index contributed by atoms with van der Waals surface area (Å²) in [5.74, 6) is 0. The van der Waals surface area contributed by atoms with Gasteiger partial charge in [-0.25, -0.2) is 0 Å². The number of rotatable bonds is 10. The van der Waals surface area contributed by atoms with E-state index in [4.69, 9.17) is 0 Å². The fourth-order valence-corrected chi connectivity index (χ4v) is 14.1. The van der Waals surface area contributed by atoms with E-state index in [0.29, 0.717) is 0 Å². The van der Waals surface area contributed by atoms with Crippen LogP contribution in [-0.2, 0) is 5.41 Å². The zero-order valence-electron chi connectivity index (χ0n) is 46.8. The summed E-state index contributed by atoms with van der Waals surface area (Å²) >= 11 is 0. The monoisotopic (exact) mass is 1070 g/mol. The molecule has 1 fully saturated rings. The molecule has 0 aliphatic heterocycles. The highest BCUT2D eigenvalue weighted by molar-refractivity contribution is 6.11. The summed E-state index contributed by atoms with van der Waals surface area (Å²) in [5.41, 5.74) is 27.9. The minimum atomic E-state index is 0.0382. The molecule has 2 heteroatoms. The Bertz CT molecular complexity index is 4550. The van der Waals surface area contributed by atoms with E-state index in [1.54, 1.807) is 0 Å². The molecule has 0 amide bonds. The van der Waals surface area contributed by atoms with Crippen LogP contribution in [0.25, 0.3) is 135 Å². The molecule has 0 radical (unpaired) electrons. The van der Waals surface area contributed by atoms with Gasteiger partial charge in [-0.3, -0.25) is 0 Å². The number of fused-ring (bicyclic) bond motifs is 11. The molecule has 0 atom stereocenters. The van der Waals surface area contributed by atoms with Crippen molar-refractivity contribution in [3.63, 3.8) is 0 Å². The minimum Gasteiger partial charge on any atom is -0.309 e. The molecule has 12 aromatic carbocycles. The average Bonchev–Trinajstić information content (AvgIpc) is 2.34. The van der Waals surface area contributed by atoms with Gasteiger partial charge in [-0.2, -0.15) is 0 Å². The number of aromatic nitrogens is 2. The van der Waals surface area contributed by atoms with Crippen molar-refractivity contribution in [2.45, 2.75) is 37.5 Å². The second-order valence-corrected chi connectivity index (χ2v) is 23.2. The minimum absolute atomic E-state index is 0.0382. The molecule has 2 aliphatic rings. The Balaban J connectivity index is 0.601. The highest BCUT2D eigenvalue weighted by atomic mass is 15.0. The first-order valence-electron chi connectivity index (χ1n) is 29.8. The van der Waals surface area contributed by atoms with E-state index in [1.807, 2.05) is 0 Å².